The molecule has 3 aromatic rings. The predicted molar refractivity (Wildman–Crippen MR) is 107 cm³/mol. The third kappa shape index (κ3) is 3.60. The molecule has 0 radical (unpaired) electrons. The normalized spacial score (nSPS) is 19.2. The maximum atomic E-state index is 13.2. The molecule has 0 saturated carbocycles. The van der Waals surface area contributed by atoms with E-state index < -0.39 is 0 Å². The monoisotopic (exact) mass is 407 g/mol. The molecule has 1 atom stereocenters. The number of hydrogen-bond acceptors (Lipinski definition) is 1. The van der Waals surface area contributed by atoms with Crippen LogP contribution in [-0.2, 0) is 17.8 Å². The molecule has 0 spiro atoms. The Morgan fingerprint density at radius 2 is 1.31 bits per heavy atom. The van der Waals surface area contributed by atoms with Crippen LogP contribution in [0.2, 0.25) is 4.31 Å². The zero-order chi connectivity index (χ0) is 17.8. The fourth-order valence-electron chi connectivity index (χ4n) is 3.46. The van der Waals surface area contributed by atoms with E-state index in [2.05, 4.69) is 60.7 Å². The van der Waals surface area contributed by atoms with Gasteiger partial charge in [-0.3, -0.25) is 0 Å². The molecule has 3 aromatic carbocycles. The van der Waals surface area contributed by atoms with E-state index in [1.165, 1.54) is 15.6 Å². The van der Waals surface area contributed by atoms with Gasteiger partial charge in [0.15, 0.2) is 0 Å². The van der Waals surface area contributed by atoms with Crippen LogP contribution in [0, 0.1) is 0 Å². The summed E-state index contributed by atoms with van der Waals surface area (Å²) in [6.07, 6.45) is 0.826. The van der Waals surface area contributed by atoms with Crippen molar-refractivity contribution >= 4 is 25.3 Å². The Morgan fingerprint density at radius 3 is 1.88 bits per heavy atom. The first-order valence-electron chi connectivity index (χ1n) is 8.86. The van der Waals surface area contributed by atoms with Crippen LogP contribution < -0.4 is 4.46 Å². The van der Waals surface area contributed by atoms with Gasteiger partial charge in [0.2, 0.25) is 0 Å². The Morgan fingerprint density at radius 1 is 0.769 bits per heavy atom. The molecule has 1 aliphatic rings. The van der Waals surface area contributed by atoms with Gasteiger partial charge in [-0.15, -0.1) is 0 Å². The van der Waals surface area contributed by atoms with E-state index in [4.69, 9.17) is 0 Å². The van der Waals surface area contributed by atoms with Crippen LogP contribution in [-0.4, -0.2) is 32.3 Å². The van der Waals surface area contributed by atoms with Crippen LogP contribution >= 0.6 is 0 Å². The SMILES string of the molecule is O=C1N(Cc2ccccc2)CC1(Cc1ccccc1)[Se]c1ccccc1. The fourth-order valence-corrected chi connectivity index (χ4v) is 6.44. The molecule has 1 fully saturated rings. The van der Waals surface area contributed by atoms with Crippen molar-refractivity contribution in [2.24, 2.45) is 0 Å². The second-order valence-corrected chi connectivity index (χ2v) is 9.78. The van der Waals surface area contributed by atoms with Crippen LogP contribution in [0.5, 0.6) is 0 Å². The number of rotatable bonds is 6. The van der Waals surface area contributed by atoms with Gasteiger partial charge in [-0.1, -0.05) is 0 Å². The van der Waals surface area contributed by atoms with Crippen molar-refractivity contribution in [3.8, 4) is 0 Å². The molecule has 2 nitrogen and oxygen atoms in total. The maximum absolute atomic E-state index is 13.2. The second kappa shape index (κ2) is 7.49. The minimum atomic E-state index is -0.259. The summed E-state index contributed by atoms with van der Waals surface area (Å²) < 4.78 is 1.04. The molecule has 1 aliphatic heterocycles. The first-order valence-corrected chi connectivity index (χ1v) is 10.6. The van der Waals surface area contributed by atoms with E-state index in [9.17, 15) is 4.79 Å². The van der Waals surface area contributed by atoms with Gasteiger partial charge in [-0.25, -0.2) is 0 Å². The van der Waals surface area contributed by atoms with Crippen LogP contribution in [0.25, 0.3) is 0 Å². The summed E-state index contributed by atoms with van der Waals surface area (Å²) in [5.41, 5.74) is 2.44. The van der Waals surface area contributed by atoms with Crippen LogP contribution in [0.1, 0.15) is 11.1 Å². The molecule has 4 rings (SSSR count). The molecule has 1 saturated heterocycles. The van der Waals surface area contributed by atoms with Crippen molar-refractivity contribution in [2.75, 3.05) is 6.54 Å². The summed E-state index contributed by atoms with van der Waals surface area (Å²) in [5, 5.41) is 0. The van der Waals surface area contributed by atoms with Gasteiger partial charge in [-0.2, -0.15) is 0 Å². The molecule has 0 aliphatic carbocycles. The van der Waals surface area contributed by atoms with Gasteiger partial charge < -0.3 is 0 Å². The summed E-state index contributed by atoms with van der Waals surface area (Å²) in [4.78, 5) is 15.2. The predicted octanol–water partition coefficient (Wildman–Crippen LogP) is 3.46. The molecule has 1 unspecified atom stereocenters. The van der Waals surface area contributed by atoms with Crippen molar-refractivity contribution in [3.63, 3.8) is 0 Å². The van der Waals surface area contributed by atoms with Gasteiger partial charge in [0, 0.05) is 0 Å². The average Bonchev–Trinajstić information content (AvgIpc) is 2.70. The molecule has 26 heavy (non-hydrogen) atoms. The molecule has 0 aromatic heterocycles. The molecule has 130 valence electrons. The third-order valence-electron chi connectivity index (χ3n) is 4.73. The number of carbonyl (C=O) groups is 1. The first-order chi connectivity index (χ1) is 12.8. The van der Waals surface area contributed by atoms with E-state index in [0.717, 1.165) is 13.0 Å². The first kappa shape index (κ1) is 17.1. The topological polar surface area (TPSA) is 20.3 Å². The average molecular weight is 406 g/mol. The van der Waals surface area contributed by atoms with Gasteiger partial charge in [0.05, 0.1) is 0 Å². The fraction of sp³-hybridized carbons (Fsp3) is 0.174. The van der Waals surface area contributed by atoms with Crippen molar-refractivity contribution in [1.82, 2.24) is 4.90 Å². The van der Waals surface area contributed by atoms with Gasteiger partial charge >= 0.3 is 161 Å². The molecular weight excluding hydrogens is 385 g/mol. The molecule has 0 bridgehead atoms. The Balaban J connectivity index is 1.55. The zero-order valence-corrected chi connectivity index (χ0v) is 16.3. The van der Waals surface area contributed by atoms with E-state index in [1.807, 2.05) is 35.2 Å². The molecular formula is C23H21NOSe. The zero-order valence-electron chi connectivity index (χ0n) is 14.5. The van der Waals surface area contributed by atoms with Crippen molar-refractivity contribution < 1.29 is 4.79 Å². The van der Waals surface area contributed by atoms with Gasteiger partial charge in [-0.05, 0) is 0 Å². The summed E-state index contributed by atoms with van der Waals surface area (Å²) in [5.74, 6) is 0.300. The van der Waals surface area contributed by atoms with Gasteiger partial charge in [0.1, 0.15) is 0 Å². The summed E-state index contributed by atoms with van der Waals surface area (Å²) >= 11 is 0.119. The van der Waals surface area contributed by atoms with Gasteiger partial charge in [0.25, 0.3) is 0 Å². The standard InChI is InChI=1S/C23H21NOSe/c25-22-23(16-19-10-4-1-5-11-19,26-21-14-8-3-9-15-21)18-24(22)17-20-12-6-2-7-13-20/h1-15H,16-18H2. The van der Waals surface area contributed by atoms with Crippen LogP contribution in [0.3, 0.4) is 0 Å². The minimum absolute atomic E-state index is 0.119. The quantitative estimate of drug-likeness (QED) is 0.454. The van der Waals surface area contributed by atoms with E-state index in [1.54, 1.807) is 0 Å². The van der Waals surface area contributed by atoms with Crippen molar-refractivity contribution in [2.45, 2.75) is 17.3 Å². The number of benzene rings is 3. The van der Waals surface area contributed by atoms with Crippen molar-refractivity contribution in [1.29, 1.82) is 0 Å². The Hall–Kier alpha value is -2.35. The Labute approximate surface area is 161 Å². The van der Waals surface area contributed by atoms with E-state index in [0.29, 0.717) is 12.5 Å². The summed E-state index contributed by atoms with van der Waals surface area (Å²) in [6, 6.07) is 31.2. The molecule has 1 heterocycles. The van der Waals surface area contributed by atoms with Crippen LogP contribution in [0.15, 0.2) is 91.0 Å². The number of hydrogen-bond donors (Lipinski definition) is 0. The number of nitrogens with zero attached hydrogens (tertiary/aromatic N) is 1. The van der Waals surface area contributed by atoms with Crippen molar-refractivity contribution in [3.05, 3.63) is 102 Å². The second-order valence-electron chi connectivity index (χ2n) is 6.72. The van der Waals surface area contributed by atoms with E-state index >= 15 is 0 Å². The summed E-state index contributed by atoms with van der Waals surface area (Å²) in [7, 11) is 0. The molecule has 0 N–H and O–H groups in total. The van der Waals surface area contributed by atoms with Crippen LogP contribution in [0.4, 0.5) is 0 Å². The molecule has 3 heteroatoms. The summed E-state index contributed by atoms with van der Waals surface area (Å²) in [6.45, 7) is 1.55. The Kier molecular flexibility index (Phi) is 4.92. The Bertz CT molecular complexity index is 823. The molecule has 1 amide bonds. The number of amides is 1. The van der Waals surface area contributed by atoms with E-state index in [-0.39, 0.29) is 19.3 Å². The number of carbonyl (C=O) groups excluding carboxylic acids is 1. The number of β-lactam (4-membered cyclic amide) rings is 1. The number of likely N-dealkylation sites (tertiary alicyclic amines) is 1. The third-order valence-corrected chi connectivity index (χ3v) is 7.55.